The molecule has 0 saturated carbocycles. The number of hydrogen-bond donors (Lipinski definition) is 0. The third-order valence-corrected chi connectivity index (χ3v) is 4.14. The first kappa shape index (κ1) is 17.7. The number of imide groups is 1. The van der Waals surface area contributed by atoms with Gasteiger partial charge in [-0.25, -0.2) is 9.69 Å². The zero-order valence-corrected chi connectivity index (χ0v) is 14.6. The molecule has 3 rings (SSSR count). The molecule has 0 unspecified atom stereocenters. The normalized spacial score (nSPS) is 13.1. The lowest BCUT2D eigenvalue weighted by Gasteiger charge is -2.14. The molecule has 26 heavy (non-hydrogen) atoms. The Morgan fingerprint density at radius 1 is 0.962 bits per heavy atom. The quantitative estimate of drug-likeness (QED) is 0.590. The molecular weight excluding hydrogens is 334 g/mol. The highest BCUT2D eigenvalue weighted by Crippen LogP contribution is 2.22. The minimum Gasteiger partial charge on any atom is -0.482 e. The third-order valence-electron chi connectivity index (χ3n) is 4.14. The average Bonchev–Trinajstić information content (AvgIpc) is 2.89. The molecule has 0 saturated heterocycles. The van der Waals surface area contributed by atoms with Crippen LogP contribution in [0.4, 0.5) is 0 Å². The molecule has 0 N–H and O–H groups in total. The van der Waals surface area contributed by atoms with Gasteiger partial charge in [0, 0.05) is 0 Å². The number of carbonyl (C=O) groups is 3. The smallest absolute Gasteiger partial charge is 0.345 e. The van der Waals surface area contributed by atoms with Crippen LogP contribution in [-0.2, 0) is 9.53 Å². The van der Waals surface area contributed by atoms with Crippen LogP contribution < -0.4 is 4.74 Å². The monoisotopic (exact) mass is 353 g/mol. The second kappa shape index (κ2) is 7.39. The first-order valence-corrected chi connectivity index (χ1v) is 8.31. The van der Waals surface area contributed by atoms with Gasteiger partial charge in [0.2, 0.25) is 0 Å². The largest absolute Gasteiger partial charge is 0.482 e. The molecule has 0 radical (unpaired) electrons. The number of rotatable bonds is 6. The van der Waals surface area contributed by atoms with Crippen molar-refractivity contribution in [3.8, 4) is 5.75 Å². The predicted octanol–water partition coefficient (Wildman–Crippen LogP) is 2.99. The van der Waals surface area contributed by atoms with Gasteiger partial charge in [0.05, 0.1) is 11.1 Å². The van der Waals surface area contributed by atoms with Crippen molar-refractivity contribution in [1.82, 2.24) is 4.90 Å². The molecule has 1 aliphatic rings. The Kier molecular flexibility index (Phi) is 5.02. The maximum Gasteiger partial charge on any atom is 0.345 e. The fourth-order valence-electron chi connectivity index (χ4n) is 2.63. The van der Waals surface area contributed by atoms with Gasteiger partial charge in [-0.3, -0.25) is 9.59 Å². The van der Waals surface area contributed by atoms with Crippen molar-refractivity contribution in [2.24, 2.45) is 0 Å². The van der Waals surface area contributed by atoms with Crippen LogP contribution in [0.2, 0.25) is 0 Å². The van der Waals surface area contributed by atoms with Crippen molar-refractivity contribution in [2.45, 2.75) is 19.8 Å². The number of amides is 2. The number of hydrogen-bond acceptors (Lipinski definition) is 5. The highest BCUT2D eigenvalue weighted by Gasteiger charge is 2.35. The van der Waals surface area contributed by atoms with Crippen molar-refractivity contribution in [2.75, 3.05) is 13.3 Å². The molecule has 134 valence electrons. The van der Waals surface area contributed by atoms with Crippen molar-refractivity contribution in [1.29, 1.82) is 0 Å². The number of esters is 1. The summed E-state index contributed by atoms with van der Waals surface area (Å²) in [6.45, 7) is 3.45. The molecule has 2 amide bonds. The summed E-state index contributed by atoms with van der Waals surface area (Å²) in [6, 6.07) is 13.9. The van der Waals surface area contributed by atoms with Crippen molar-refractivity contribution in [3.63, 3.8) is 0 Å². The van der Waals surface area contributed by atoms with Gasteiger partial charge >= 0.3 is 5.97 Å². The van der Waals surface area contributed by atoms with E-state index in [1.807, 2.05) is 12.1 Å². The van der Waals surface area contributed by atoms with E-state index in [1.165, 1.54) is 5.56 Å². The number of ether oxygens (including phenoxy) is 2. The molecule has 1 aliphatic heterocycles. The molecule has 6 nitrogen and oxygen atoms in total. The lowest BCUT2D eigenvalue weighted by Crippen LogP contribution is -2.34. The van der Waals surface area contributed by atoms with Crippen molar-refractivity contribution >= 4 is 17.8 Å². The number of nitrogens with zero attached hydrogens (tertiary/aromatic N) is 1. The summed E-state index contributed by atoms with van der Waals surface area (Å²) in [5.41, 5.74) is 1.80. The summed E-state index contributed by atoms with van der Waals surface area (Å²) in [5, 5.41) is 0. The zero-order chi connectivity index (χ0) is 18.7. The van der Waals surface area contributed by atoms with Crippen LogP contribution in [0.1, 0.15) is 46.0 Å². The van der Waals surface area contributed by atoms with Gasteiger partial charge in [-0.15, -0.1) is 0 Å². The predicted molar refractivity (Wildman–Crippen MR) is 93.9 cm³/mol. The molecule has 0 aliphatic carbocycles. The summed E-state index contributed by atoms with van der Waals surface area (Å²) >= 11 is 0. The topological polar surface area (TPSA) is 72.9 Å². The van der Waals surface area contributed by atoms with Gasteiger partial charge in [-0.2, -0.15) is 0 Å². The molecule has 0 atom stereocenters. The van der Waals surface area contributed by atoms with Gasteiger partial charge in [-0.1, -0.05) is 38.1 Å². The van der Waals surface area contributed by atoms with Crippen LogP contribution in [0.25, 0.3) is 0 Å². The Bertz CT molecular complexity index is 807. The minimum absolute atomic E-state index is 0.301. The van der Waals surface area contributed by atoms with E-state index in [0.717, 1.165) is 4.90 Å². The van der Waals surface area contributed by atoms with E-state index < -0.39 is 24.5 Å². The summed E-state index contributed by atoms with van der Waals surface area (Å²) in [7, 11) is 0. The van der Waals surface area contributed by atoms with Crippen LogP contribution in [0, 0.1) is 0 Å². The first-order chi connectivity index (χ1) is 12.5. The minimum atomic E-state index is -0.658. The third kappa shape index (κ3) is 3.59. The second-order valence-corrected chi connectivity index (χ2v) is 6.24. The molecule has 1 heterocycles. The van der Waals surface area contributed by atoms with Gasteiger partial charge < -0.3 is 9.47 Å². The molecule has 2 aromatic rings. The Morgan fingerprint density at radius 2 is 1.54 bits per heavy atom. The van der Waals surface area contributed by atoms with Crippen molar-refractivity contribution in [3.05, 3.63) is 65.2 Å². The molecule has 0 spiro atoms. The average molecular weight is 353 g/mol. The SMILES string of the molecule is CC(C)c1ccc(OCC(=O)OCN2C(=O)c3ccccc3C2=O)cc1. The van der Waals surface area contributed by atoms with Crippen LogP contribution in [0.3, 0.4) is 0 Å². The Labute approximate surface area is 151 Å². The highest BCUT2D eigenvalue weighted by atomic mass is 16.6. The molecule has 0 aromatic heterocycles. The Hall–Kier alpha value is -3.15. The fraction of sp³-hybridized carbons (Fsp3) is 0.250. The van der Waals surface area contributed by atoms with Crippen LogP contribution in [0.15, 0.2) is 48.5 Å². The summed E-state index contributed by atoms with van der Waals surface area (Å²) < 4.78 is 10.4. The molecule has 6 heteroatoms. The first-order valence-electron chi connectivity index (χ1n) is 8.31. The zero-order valence-electron chi connectivity index (χ0n) is 14.6. The number of fused-ring (bicyclic) bond motifs is 1. The van der Waals surface area contributed by atoms with Gasteiger partial charge in [0.15, 0.2) is 13.3 Å². The molecular formula is C20H19NO5. The molecule has 0 bridgehead atoms. The maximum atomic E-state index is 12.2. The summed E-state index contributed by atoms with van der Waals surface area (Å²) in [4.78, 5) is 37.1. The van der Waals surface area contributed by atoms with Crippen molar-refractivity contribution < 1.29 is 23.9 Å². The van der Waals surface area contributed by atoms with Crippen LogP contribution >= 0.6 is 0 Å². The standard InChI is InChI=1S/C20H19NO5/c1-13(2)14-7-9-15(10-8-14)25-11-18(22)26-12-21-19(23)16-5-3-4-6-17(16)20(21)24/h3-10,13H,11-12H2,1-2H3. The van der Waals surface area contributed by atoms with E-state index in [4.69, 9.17) is 9.47 Å². The van der Waals surface area contributed by atoms with Gasteiger partial charge in [0.25, 0.3) is 11.8 Å². The van der Waals surface area contributed by atoms with E-state index in [2.05, 4.69) is 13.8 Å². The van der Waals surface area contributed by atoms with E-state index in [0.29, 0.717) is 22.8 Å². The Morgan fingerprint density at radius 3 is 2.08 bits per heavy atom. The maximum absolute atomic E-state index is 12.2. The van der Waals surface area contributed by atoms with Crippen LogP contribution in [-0.4, -0.2) is 36.0 Å². The number of benzene rings is 2. The lowest BCUT2D eigenvalue weighted by molar-refractivity contribution is -0.148. The van der Waals surface area contributed by atoms with E-state index in [9.17, 15) is 14.4 Å². The second-order valence-electron chi connectivity index (χ2n) is 6.24. The van der Waals surface area contributed by atoms with Crippen LogP contribution in [0.5, 0.6) is 5.75 Å². The summed E-state index contributed by atoms with van der Waals surface area (Å²) in [5.74, 6) is -0.637. The Balaban J connectivity index is 1.50. The van der Waals surface area contributed by atoms with E-state index in [1.54, 1.807) is 36.4 Å². The van der Waals surface area contributed by atoms with Gasteiger partial charge in [-0.05, 0) is 35.7 Å². The highest BCUT2D eigenvalue weighted by molar-refractivity contribution is 6.21. The summed E-state index contributed by atoms with van der Waals surface area (Å²) in [6.07, 6.45) is 0. The lowest BCUT2D eigenvalue weighted by atomic mass is 10.0. The molecule has 2 aromatic carbocycles. The number of carbonyl (C=O) groups excluding carboxylic acids is 3. The molecule has 0 fully saturated rings. The fourth-order valence-corrected chi connectivity index (χ4v) is 2.63. The van der Waals surface area contributed by atoms with E-state index in [-0.39, 0.29) is 6.61 Å². The van der Waals surface area contributed by atoms with E-state index >= 15 is 0 Å². The van der Waals surface area contributed by atoms with Gasteiger partial charge in [0.1, 0.15) is 5.75 Å².